The van der Waals surface area contributed by atoms with E-state index in [0.29, 0.717) is 12.2 Å². The highest BCUT2D eigenvalue weighted by atomic mass is 19.4. The molecule has 1 atom stereocenters. The van der Waals surface area contributed by atoms with Crippen LogP contribution in [0.1, 0.15) is 25.3 Å². The zero-order valence-corrected chi connectivity index (χ0v) is 9.72. The van der Waals surface area contributed by atoms with Gasteiger partial charge in [-0.1, -0.05) is 6.92 Å². The quantitative estimate of drug-likeness (QED) is 0.837. The molecule has 0 aliphatic rings. The summed E-state index contributed by atoms with van der Waals surface area (Å²) < 4.78 is 36.9. The van der Waals surface area contributed by atoms with Gasteiger partial charge in [-0.05, 0) is 37.1 Å². The summed E-state index contributed by atoms with van der Waals surface area (Å²) in [5.41, 5.74) is 5.78. The molecule has 17 heavy (non-hydrogen) atoms. The number of hydrogen-bond acceptors (Lipinski definition) is 2. The van der Waals surface area contributed by atoms with E-state index in [2.05, 4.69) is 5.32 Å². The van der Waals surface area contributed by atoms with Crippen LogP contribution in [-0.4, -0.2) is 12.6 Å². The first-order valence-electron chi connectivity index (χ1n) is 5.60. The number of nitrogens with two attached hydrogens (primary N) is 1. The number of hydrogen-bond donors (Lipinski definition) is 2. The molecule has 0 amide bonds. The van der Waals surface area contributed by atoms with E-state index in [9.17, 15) is 13.2 Å². The largest absolute Gasteiger partial charge is 0.416 e. The van der Waals surface area contributed by atoms with Gasteiger partial charge in [0.15, 0.2) is 0 Å². The van der Waals surface area contributed by atoms with Crippen molar-refractivity contribution in [1.82, 2.24) is 0 Å². The van der Waals surface area contributed by atoms with Gasteiger partial charge in [-0.25, -0.2) is 0 Å². The van der Waals surface area contributed by atoms with Gasteiger partial charge in [-0.15, -0.1) is 0 Å². The van der Waals surface area contributed by atoms with Crippen molar-refractivity contribution in [3.63, 3.8) is 0 Å². The summed E-state index contributed by atoms with van der Waals surface area (Å²) in [5, 5.41) is 3.04. The molecule has 2 nitrogen and oxygen atoms in total. The monoisotopic (exact) mass is 246 g/mol. The number of rotatable bonds is 5. The first kappa shape index (κ1) is 13.8. The molecular weight excluding hydrogens is 229 g/mol. The number of benzene rings is 1. The Morgan fingerprint density at radius 3 is 2.29 bits per heavy atom. The molecule has 0 saturated heterocycles. The fraction of sp³-hybridized carbons (Fsp3) is 0.500. The first-order valence-corrected chi connectivity index (χ1v) is 5.60. The highest BCUT2D eigenvalue weighted by Crippen LogP contribution is 2.29. The van der Waals surface area contributed by atoms with Crippen LogP contribution in [0.2, 0.25) is 0 Å². The van der Waals surface area contributed by atoms with Crippen molar-refractivity contribution in [2.24, 2.45) is 5.73 Å². The summed E-state index contributed by atoms with van der Waals surface area (Å²) in [6, 6.07) is 5.14. The molecule has 0 heterocycles. The van der Waals surface area contributed by atoms with E-state index >= 15 is 0 Å². The number of nitrogens with one attached hydrogen (secondary N) is 1. The van der Waals surface area contributed by atoms with Crippen LogP contribution in [0.25, 0.3) is 0 Å². The summed E-state index contributed by atoms with van der Waals surface area (Å²) in [7, 11) is 0. The summed E-state index contributed by atoms with van der Waals surface area (Å²) in [6.45, 7) is 2.67. The molecule has 0 bridgehead atoms. The van der Waals surface area contributed by atoms with E-state index < -0.39 is 11.7 Å². The normalized spacial score (nSPS) is 13.5. The van der Waals surface area contributed by atoms with Gasteiger partial charge in [0.2, 0.25) is 0 Å². The number of anilines is 1. The molecule has 3 N–H and O–H groups in total. The molecule has 1 rings (SSSR count). The summed E-state index contributed by atoms with van der Waals surface area (Å²) in [6.07, 6.45) is -2.57. The van der Waals surface area contributed by atoms with Crippen LogP contribution in [0, 0.1) is 0 Å². The Kier molecular flexibility index (Phi) is 4.81. The molecule has 0 aliphatic carbocycles. The van der Waals surface area contributed by atoms with Gasteiger partial charge in [-0.3, -0.25) is 0 Å². The van der Waals surface area contributed by atoms with Crippen molar-refractivity contribution in [3.8, 4) is 0 Å². The summed E-state index contributed by atoms with van der Waals surface area (Å²) in [4.78, 5) is 0. The Bertz CT molecular complexity index is 333. The Labute approximate surface area is 99.0 Å². The highest BCUT2D eigenvalue weighted by molar-refractivity contribution is 5.45. The molecule has 0 radical (unpaired) electrons. The van der Waals surface area contributed by atoms with Crippen molar-refractivity contribution in [3.05, 3.63) is 29.8 Å². The van der Waals surface area contributed by atoms with E-state index in [1.54, 1.807) is 0 Å². The van der Waals surface area contributed by atoms with Crippen LogP contribution in [-0.2, 0) is 6.18 Å². The van der Waals surface area contributed by atoms with Gasteiger partial charge in [0.1, 0.15) is 0 Å². The highest BCUT2D eigenvalue weighted by Gasteiger charge is 2.29. The molecule has 1 unspecified atom stereocenters. The van der Waals surface area contributed by atoms with Crippen LogP contribution >= 0.6 is 0 Å². The van der Waals surface area contributed by atoms with Crippen LogP contribution < -0.4 is 11.1 Å². The molecule has 0 fully saturated rings. The molecule has 0 aromatic heterocycles. The van der Waals surface area contributed by atoms with Gasteiger partial charge in [-0.2, -0.15) is 13.2 Å². The minimum Gasteiger partial charge on any atom is -0.385 e. The first-order chi connectivity index (χ1) is 7.93. The summed E-state index contributed by atoms with van der Waals surface area (Å²) >= 11 is 0. The molecular formula is C12H17F3N2. The van der Waals surface area contributed by atoms with Gasteiger partial charge >= 0.3 is 6.18 Å². The van der Waals surface area contributed by atoms with Crippen molar-refractivity contribution in [1.29, 1.82) is 0 Å². The maximum atomic E-state index is 12.3. The predicted octanol–water partition coefficient (Wildman–Crippen LogP) is 3.24. The number of halogens is 3. The maximum absolute atomic E-state index is 12.3. The third-order valence-electron chi connectivity index (χ3n) is 2.58. The van der Waals surface area contributed by atoms with Crippen LogP contribution in [0.3, 0.4) is 0 Å². The molecule has 0 spiro atoms. The van der Waals surface area contributed by atoms with Crippen molar-refractivity contribution >= 4 is 5.69 Å². The fourth-order valence-electron chi connectivity index (χ4n) is 1.38. The van der Waals surface area contributed by atoms with E-state index in [-0.39, 0.29) is 6.04 Å². The molecule has 5 heteroatoms. The van der Waals surface area contributed by atoms with E-state index in [1.807, 2.05) is 6.92 Å². The second-order valence-corrected chi connectivity index (χ2v) is 3.96. The Morgan fingerprint density at radius 2 is 1.82 bits per heavy atom. The topological polar surface area (TPSA) is 38.0 Å². The van der Waals surface area contributed by atoms with E-state index in [4.69, 9.17) is 5.73 Å². The van der Waals surface area contributed by atoms with Crippen molar-refractivity contribution in [2.45, 2.75) is 32.0 Å². The standard InChI is InChI=1S/C12H17F3N2/c1-2-10(16)7-8-17-11-5-3-9(4-6-11)12(13,14)15/h3-6,10,17H,2,7-8,16H2,1H3. The smallest absolute Gasteiger partial charge is 0.385 e. The molecule has 1 aromatic carbocycles. The third-order valence-corrected chi connectivity index (χ3v) is 2.58. The SMILES string of the molecule is CCC(N)CCNc1ccc(C(F)(F)F)cc1. The Hall–Kier alpha value is -1.23. The minimum atomic E-state index is -4.27. The van der Waals surface area contributed by atoms with Crippen LogP contribution in [0.4, 0.5) is 18.9 Å². The average molecular weight is 246 g/mol. The summed E-state index contributed by atoms with van der Waals surface area (Å²) in [5.74, 6) is 0. The minimum absolute atomic E-state index is 0.136. The van der Waals surface area contributed by atoms with Gasteiger partial charge < -0.3 is 11.1 Å². The Morgan fingerprint density at radius 1 is 1.24 bits per heavy atom. The van der Waals surface area contributed by atoms with Crippen LogP contribution in [0.5, 0.6) is 0 Å². The number of alkyl halides is 3. The average Bonchev–Trinajstić information content (AvgIpc) is 2.28. The van der Waals surface area contributed by atoms with E-state index in [0.717, 1.165) is 25.0 Å². The zero-order valence-electron chi connectivity index (χ0n) is 9.72. The van der Waals surface area contributed by atoms with Gasteiger partial charge in [0, 0.05) is 18.3 Å². The maximum Gasteiger partial charge on any atom is 0.416 e. The lowest BCUT2D eigenvalue weighted by molar-refractivity contribution is -0.137. The lowest BCUT2D eigenvalue weighted by Gasteiger charge is -2.11. The predicted molar refractivity (Wildman–Crippen MR) is 62.8 cm³/mol. The lowest BCUT2D eigenvalue weighted by Crippen LogP contribution is -2.22. The Balaban J connectivity index is 2.46. The molecule has 0 saturated carbocycles. The van der Waals surface area contributed by atoms with Crippen molar-refractivity contribution < 1.29 is 13.2 Å². The van der Waals surface area contributed by atoms with Crippen molar-refractivity contribution in [2.75, 3.05) is 11.9 Å². The molecule has 96 valence electrons. The third kappa shape index (κ3) is 4.65. The lowest BCUT2D eigenvalue weighted by atomic mass is 10.1. The zero-order chi connectivity index (χ0) is 12.9. The molecule has 1 aromatic rings. The van der Waals surface area contributed by atoms with Gasteiger partial charge in [0.25, 0.3) is 0 Å². The molecule has 0 aliphatic heterocycles. The second-order valence-electron chi connectivity index (χ2n) is 3.96. The van der Waals surface area contributed by atoms with Crippen LogP contribution in [0.15, 0.2) is 24.3 Å². The van der Waals surface area contributed by atoms with E-state index in [1.165, 1.54) is 12.1 Å². The fourth-order valence-corrected chi connectivity index (χ4v) is 1.38. The second kappa shape index (κ2) is 5.91. The van der Waals surface area contributed by atoms with Gasteiger partial charge in [0.05, 0.1) is 5.56 Å².